The molecule has 5 heteroatoms. The first-order chi connectivity index (χ1) is 11.4. The van der Waals surface area contributed by atoms with Crippen molar-refractivity contribution in [1.82, 2.24) is 10.6 Å². The maximum Gasteiger partial charge on any atom is 0.253 e. The summed E-state index contributed by atoms with van der Waals surface area (Å²) in [5.74, 6) is 0.0559. The van der Waals surface area contributed by atoms with Crippen molar-refractivity contribution < 1.29 is 9.59 Å². The first-order valence-corrected chi connectivity index (χ1v) is 9.13. The first kappa shape index (κ1) is 18.8. The molecule has 0 aliphatic heterocycles. The fourth-order valence-corrected chi connectivity index (χ4v) is 3.42. The second-order valence-corrected chi connectivity index (χ2v) is 7.46. The summed E-state index contributed by atoms with van der Waals surface area (Å²) in [6, 6.07) is 6.50. The fraction of sp³-hybridized carbons (Fsp3) is 0.579. The summed E-state index contributed by atoms with van der Waals surface area (Å²) in [6.07, 6.45) is 4.53. The van der Waals surface area contributed by atoms with Gasteiger partial charge in [-0.25, -0.2) is 0 Å². The van der Waals surface area contributed by atoms with Crippen LogP contribution >= 0.6 is 11.6 Å². The molecule has 1 aromatic carbocycles. The molecule has 0 spiro atoms. The second-order valence-electron chi connectivity index (χ2n) is 7.05. The minimum absolute atomic E-state index is 0.00432. The van der Waals surface area contributed by atoms with Gasteiger partial charge in [0.1, 0.15) is 6.04 Å². The van der Waals surface area contributed by atoms with E-state index in [0.717, 1.165) is 19.3 Å². The summed E-state index contributed by atoms with van der Waals surface area (Å²) in [7, 11) is 0. The average Bonchev–Trinajstić information content (AvgIpc) is 2.54. The fourth-order valence-electron chi connectivity index (χ4n) is 3.20. The lowest BCUT2D eigenvalue weighted by Crippen LogP contribution is -2.53. The molecule has 1 aliphatic carbocycles. The number of amides is 2. The van der Waals surface area contributed by atoms with E-state index in [1.54, 1.807) is 24.3 Å². The van der Waals surface area contributed by atoms with Crippen LogP contribution in [-0.2, 0) is 4.79 Å². The number of hydrogen-bond donors (Lipinski definition) is 2. The summed E-state index contributed by atoms with van der Waals surface area (Å²) in [4.78, 5) is 25.2. The van der Waals surface area contributed by atoms with Crippen LogP contribution in [0.3, 0.4) is 0 Å². The first-order valence-electron chi connectivity index (χ1n) is 8.76. The number of hydrogen-bond acceptors (Lipinski definition) is 2. The number of benzene rings is 1. The van der Waals surface area contributed by atoms with Gasteiger partial charge in [-0.15, -0.1) is 0 Å². The molecule has 4 nitrogen and oxygen atoms in total. The molecule has 2 N–H and O–H groups in total. The highest BCUT2D eigenvalue weighted by molar-refractivity contribution is 6.33. The van der Waals surface area contributed by atoms with E-state index in [0.29, 0.717) is 16.5 Å². The molecular formula is C19H27ClN2O2. The maximum atomic E-state index is 12.7. The molecule has 1 saturated carbocycles. The molecule has 132 valence electrons. The molecule has 1 aromatic rings. The van der Waals surface area contributed by atoms with Gasteiger partial charge in [0, 0.05) is 6.04 Å². The van der Waals surface area contributed by atoms with E-state index in [9.17, 15) is 9.59 Å². The molecule has 0 radical (unpaired) electrons. The predicted octanol–water partition coefficient (Wildman–Crippen LogP) is 3.79. The van der Waals surface area contributed by atoms with E-state index in [1.165, 1.54) is 6.42 Å². The van der Waals surface area contributed by atoms with Gasteiger partial charge in [0.15, 0.2) is 0 Å². The third kappa shape index (κ3) is 4.73. The SMILES string of the molecule is CC(C)C(NC(=O)c1ccccc1Cl)C(=O)NC1CCCCC1C. The van der Waals surface area contributed by atoms with Gasteiger partial charge < -0.3 is 10.6 Å². The molecule has 0 saturated heterocycles. The zero-order chi connectivity index (χ0) is 17.7. The Kier molecular flexibility index (Phi) is 6.67. The van der Waals surface area contributed by atoms with Crippen LogP contribution in [0.15, 0.2) is 24.3 Å². The molecule has 3 unspecified atom stereocenters. The van der Waals surface area contributed by atoms with Gasteiger partial charge in [-0.1, -0.05) is 57.3 Å². The Labute approximate surface area is 149 Å². The van der Waals surface area contributed by atoms with E-state index in [-0.39, 0.29) is 23.8 Å². The monoisotopic (exact) mass is 350 g/mol. The van der Waals surface area contributed by atoms with Crippen LogP contribution in [0.2, 0.25) is 5.02 Å². The van der Waals surface area contributed by atoms with E-state index in [1.807, 2.05) is 13.8 Å². The van der Waals surface area contributed by atoms with Gasteiger partial charge in [-0.2, -0.15) is 0 Å². The van der Waals surface area contributed by atoms with Crippen molar-refractivity contribution in [3.8, 4) is 0 Å². The lowest BCUT2D eigenvalue weighted by molar-refractivity contribution is -0.125. The van der Waals surface area contributed by atoms with E-state index < -0.39 is 6.04 Å². The van der Waals surface area contributed by atoms with Crippen molar-refractivity contribution in [2.24, 2.45) is 11.8 Å². The van der Waals surface area contributed by atoms with E-state index in [2.05, 4.69) is 17.6 Å². The smallest absolute Gasteiger partial charge is 0.253 e. The molecule has 1 aliphatic rings. The Morgan fingerprint density at radius 3 is 2.46 bits per heavy atom. The summed E-state index contributed by atoms with van der Waals surface area (Å²) in [6.45, 7) is 6.04. The summed E-state index contributed by atoms with van der Waals surface area (Å²) >= 11 is 6.08. The van der Waals surface area contributed by atoms with Gasteiger partial charge in [0.05, 0.1) is 10.6 Å². The molecule has 2 rings (SSSR count). The Morgan fingerprint density at radius 1 is 1.17 bits per heavy atom. The third-order valence-electron chi connectivity index (χ3n) is 4.79. The highest BCUT2D eigenvalue weighted by atomic mass is 35.5. The Hall–Kier alpha value is -1.55. The van der Waals surface area contributed by atoms with Crippen LogP contribution in [0.25, 0.3) is 0 Å². The number of carbonyl (C=O) groups is 2. The minimum atomic E-state index is -0.567. The van der Waals surface area contributed by atoms with Crippen molar-refractivity contribution in [3.63, 3.8) is 0 Å². The topological polar surface area (TPSA) is 58.2 Å². The van der Waals surface area contributed by atoms with Gasteiger partial charge in [-0.3, -0.25) is 9.59 Å². The minimum Gasteiger partial charge on any atom is -0.351 e. The van der Waals surface area contributed by atoms with Gasteiger partial charge in [-0.05, 0) is 36.8 Å². The van der Waals surface area contributed by atoms with Crippen LogP contribution in [0.5, 0.6) is 0 Å². The molecule has 0 aromatic heterocycles. The molecule has 0 bridgehead atoms. The third-order valence-corrected chi connectivity index (χ3v) is 5.12. The Bertz CT molecular complexity index is 588. The lowest BCUT2D eigenvalue weighted by Gasteiger charge is -2.32. The van der Waals surface area contributed by atoms with Crippen molar-refractivity contribution in [3.05, 3.63) is 34.9 Å². The Morgan fingerprint density at radius 2 is 1.83 bits per heavy atom. The lowest BCUT2D eigenvalue weighted by atomic mass is 9.85. The molecule has 0 heterocycles. The number of carbonyl (C=O) groups excluding carboxylic acids is 2. The average molecular weight is 351 g/mol. The normalized spacial score (nSPS) is 22.0. The zero-order valence-corrected chi connectivity index (χ0v) is 15.4. The van der Waals surface area contributed by atoms with Crippen LogP contribution in [0.4, 0.5) is 0 Å². The second kappa shape index (κ2) is 8.52. The molecular weight excluding hydrogens is 324 g/mol. The number of nitrogens with one attached hydrogen (secondary N) is 2. The van der Waals surface area contributed by atoms with Crippen molar-refractivity contribution in [2.45, 2.75) is 58.5 Å². The molecule has 24 heavy (non-hydrogen) atoms. The van der Waals surface area contributed by atoms with Crippen LogP contribution in [0.1, 0.15) is 56.8 Å². The Balaban J connectivity index is 2.04. The van der Waals surface area contributed by atoms with Gasteiger partial charge >= 0.3 is 0 Å². The number of halogens is 1. The molecule has 3 atom stereocenters. The van der Waals surface area contributed by atoms with Gasteiger partial charge in [0.2, 0.25) is 5.91 Å². The summed E-state index contributed by atoms with van der Waals surface area (Å²) in [5.41, 5.74) is 0.392. The van der Waals surface area contributed by atoms with Crippen molar-refractivity contribution in [1.29, 1.82) is 0 Å². The van der Waals surface area contributed by atoms with E-state index in [4.69, 9.17) is 11.6 Å². The zero-order valence-electron chi connectivity index (χ0n) is 14.6. The van der Waals surface area contributed by atoms with E-state index >= 15 is 0 Å². The maximum absolute atomic E-state index is 12.7. The quantitative estimate of drug-likeness (QED) is 0.848. The van der Waals surface area contributed by atoms with Crippen molar-refractivity contribution in [2.75, 3.05) is 0 Å². The largest absolute Gasteiger partial charge is 0.351 e. The summed E-state index contributed by atoms with van der Waals surface area (Å²) < 4.78 is 0. The highest BCUT2D eigenvalue weighted by Crippen LogP contribution is 2.24. The molecule has 1 fully saturated rings. The van der Waals surface area contributed by atoms with Crippen molar-refractivity contribution >= 4 is 23.4 Å². The van der Waals surface area contributed by atoms with Crippen LogP contribution in [0, 0.1) is 11.8 Å². The standard InChI is InChI=1S/C19H27ClN2O2/c1-12(2)17(19(24)21-16-11-7-4-8-13(16)3)22-18(23)14-9-5-6-10-15(14)20/h5-6,9-10,12-13,16-17H,4,7-8,11H2,1-3H3,(H,21,24)(H,22,23). The number of rotatable bonds is 5. The van der Waals surface area contributed by atoms with Crippen LogP contribution in [-0.4, -0.2) is 23.9 Å². The van der Waals surface area contributed by atoms with Gasteiger partial charge in [0.25, 0.3) is 5.91 Å². The predicted molar refractivity (Wildman–Crippen MR) is 97.1 cm³/mol. The molecule has 2 amide bonds. The summed E-state index contributed by atoms with van der Waals surface area (Å²) in [5, 5.41) is 6.36. The van der Waals surface area contributed by atoms with Crippen LogP contribution < -0.4 is 10.6 Å². The highest BCUT2D eigenvalue weighted by Gasteiger charge is 2.29.